The maximum absolute atomic E-state index is 13.7. The number of nitrogens with zero attached hydrogens (tertiary/aromatic N) is 1. The number of halogens is 1. The van der Waals surface area contributed by atoms with Gasteiger partial charge >= 0.3 is 0 Å². The van der Waals surface area contributed by atoms with E-state index in [9.17, 15) is 4.39 Å². The minimum Gasteiger partial charge on any atom is -0.364 e. The van der Waals surface area contributed by atoms with E-state index in [4.69, 9.17) is 0 Å². The van der Waals surface area contributed by atoms with Crippen LogP contribution < -0.4 is 4.90 Å². The molecule has 0 spiro atoms. The number of hydrogen-bond acceptors (Lipinski definition) is 1. The first-order valence-corrected chi connectivity index (χ1v) is 6.33. The quantitative estimate of drug-likeness (QED) is 0.773. The van der Waals surface area contributed by atoms with Crippen molar-refractivity contribution in [2.24, 2.45) is 0 Å². The summed E-state index contributed by atoms with van der Waals surface area (Å²) in [5.41, 5.74) is 3.37. The van der Waals surface area contributed by atoms with Crippen LogP contribution in [0.1, 0.15) is 18.1 Å². The van der Waals surface area contributed by atoms with E-state index in [0.29, 0.717) is 12.6 Å². The summed E-state index contributed by atoms with van der Waals surface area (Å²) < 4.78 is 13.7. The van der Waals surface area contributed by atoms with E-state index in [-0.39, 0.29) is 5.82 Å². The van der Waals surface area contributed by atoms with E-state index < -0.39 is 0 Å². The third kappa shape index (κ3) is 1.88. The molecule has 1 heterocycles. The maximum atomic E-state index is 13.7. The average Bonchev–Trinajstić information content (AvgIpc) is 2.69. The molecule has 2 heteroatoms. The molecule has 1 unspecified atom stereocenters. The molecule has 0 aromatic heterocycles. The van der Waals surface area contributed by atoms with E-state index in [1.54, 1.807) is 6.07 Å². The smallest absolute Gasteiger partial charge is 0.128 e. The molecule has 0 aliphatic carbocycles. The Morgan fingerprint density at radius 3 is 2.67 bits per heavy atom. The number of hydrogen-bond donors (Lipinski definition) is 0. The molecule has 0 saturated carbocycles. The molecule has 92 valence electrons. The molecule has 1 aliphatic heterocycles. The Morgan fingerprint density at radius 2 is 1.83 bits per heavy atom. The van der Waals surface area contributed by atoms with Crippen LogP contribution in [-0.2, 0) is 13.0 Å². The summed E-state index contributed by atoms with van der Waals surface area (Å²) in [5.74, 6) is -0.117. The summed E-state index contributed by atoms with van der Waals surface area (Å²) >= 11 is 0. The molecule has 2 aromatic carbocycles. The van der Waals surface area contributed by atoms with Gasteiger partial charge in [-0.05, 0) is 31.0 Å². The fourth-order valence-electron chi connectivity index (χ4n) is 2.68. The zero-order chi connectivity index (χ0) is 12.5. The highest BCUT2D eigenvalue weighted by Crippen LogP contribution is 2.33. The lowest BCUT2D eigenvalue weighted by molar-refractivity contribution is 0.593. The van der Waals surface area contributed by atoms with Gasteiger partial charge in [-0.2, -0.15) is 0 Å². The SMILES string of the molecule is CC1Cc2ccccc2N1Cc1ccccc1F. The lowest BCUT2D eigenvalue weighted by atomic mass is 10.1. The third-order valence-corrected chi connectivity index (χ3v) is 3.65. The molecule has 18 heavy (non-hydrogen) atoms. The van der Waals surface area contributed by atoms with Crippen LogP contribution in [0, 0.1) is 5.82 Å². The fraction of sp³-hybridized carbons (Fsp3) is 0.250. The highest BCUT2D eigenvalue weighted by molar-refractivity contribution is 5.59. The summed E-state index contributed by atoms with van der Waals surface area (Å²) in [6, 6.07) is 15.9. The molecule has 2 aromatic rings. The summed E-state index contributed by atoms with van der Waals surface area (Å²) in [5, 5.41) is 0. The van der Waals surface area contributed by atoms with Crippen molar-refractivity contribution in [3.8, 4) is 0 Å². The lowest BCUT2D eigenvalue weighted by Crippen LogP contribution is -2.28. The zero-order valence-electron chi connectivity index (χ0n) is 10.4. The van der Waals surface area contributed by atoms with E-state index in [1.807, 2.05) is 18.2 Å². The van der Waals surface area contributed by atoms with Gasteiger partial charge in [-0.25, -0.2) is 4.39 Å². The zero-order valence-corrected chi connectivity index (χ0v) is 10.4. The van der Waals surface area contributed by atoms with Crippen LogP contribution >= 0.6 is 0 Å². The van der Waals surface area contributed by atoms with Crippen molar-refractivity contribution < 1.29 is 4.39 Å². The summed E-state index contributed by atoms with van der Waals surface area (Å²) in [4.78, 5) is 2.29. The average molecular weight is 241 g/mol. The second-order valence-electron chi connectivity index (χ2n) is 4.90. The van der Waals surface area contributed by atoms with Crippen LogP contribution in [0.4, 0.5) is 10.1 Å². The Kier molecular flexibility index (Phi) is 2.78. The second-order valence-corrected chi connectivity index (χ2v) is 4.90. The molecule has 0 N–H and O–H groups in total. The van der Waals surface area contributed by atoms with Gasteiger partial charge in [0, 0.05) is 23.8 Å². The number of benzene rings is 2. The molecular formula is C16H16FN. The third-order valence-electron chi connectivity index (χ3n) is 3.65. The second kappa shape index (κ2) is 4.45. The van der Waals surface area contributed by atoms with Gasteiger partial charge in [-0.3, -0.25) is 0 Å². The van der Waals surface area contributed by atoms with E-state index in [2.05, 4.69) is 30.0 Å². The molecule has 0 saturated heterocycles. The normalized spacial score (nSPS) is 17.9. The minimum atomic E-state index is -0.117. The van der Waals surface area contributed by atoms with E-state index in [0.717, 1.165) is 12.0 Å². The highest BCUT2D eigenvalue weighted by Gasteiger charge is 2.25. The predicted molar refractivity (Wildman–Crippen MR) is 72.2 cm³/mol. The van der Waals surface area contributed by atoms with Crippen molar-refractivity contribution in [1.29, 1.82) is 0 Å². The minimum absolute atomic E-state index is 0.117. The van der Waals surface area contributed by atoms with Gasteiger partial charge in [0.15, 0.2) is 0 Å². The molecular weight excluding hydrogens is 225 g/mol. The first kappa shape index (κ1) is 11.3. The lowest BCUT2D eigenvalue weighted by Gasteiger charge is -2.25. The molecule has 3 rings (SSSR count). The van der Waals surface area contributed by atoms with Crippen molar-refractivity contribution >= 4 is 5.69 Å². The first-order valence-electron chi connectivity index (χ1n) is 6.33. The topological polar surface area (TPSA) is 3.24 Å². The fourth-order valence-corrected chi connectivity index (χ4v) is 2.68. The molecule has 0 bridgehead atoms. The van der Waals surface area contributed by atoms with Gasteiger partial charge in [0.2, 0.25) is 0 Å². The van der Waals surface area contributed by atoms with Crippen molar-refractivity contribution in [3.05, 3.63) is 65.5 Å². The molecule has 0 fully saturated rings. The van der Waals surface area contributed by atoms with Crippen molar-refractivity contribution in [3.63, 3.8) is 0 Å². The number of fused-ring (bicyclic) bond motifs is 1. The van der Waals surface area contributed by atoms with Crippen LogP contribution in [0.5, 0.6) is 0 Å². The van der Waals surface area contributed by atoms with Crippen molar-refractivity contribution in [2.75, 3.05) is 4.90 Å². The van der Waals surface area contributed by atoms with Gasteiger partial charge in [0.1, 0.15) is 5.82 Å². The van der Waals surface area contributed by atoms with Crippen LogP contribution in [-0.4, -0.2) is 6.04 Å². The van der Waals surface area contributed by atoms with Crippen LogP contribution in [0.15, 0.2) is 48.5 Å². The van der Waals surface area contributed by atoms with Gasteiger partial charge in [-0.15, -0.1) is 0 Å². The number of rotatable bonds is 2. The number of para-hydroxylation sites is 1. The predicted octanol–water partition coefficient (Wildman–Crippen LogP) is 3.78. The van der Waals surface area contributed by atoms with Gasteiger partial charge < -0.3 is 4.90 Å². The Hall–Kier alpha value is -1.83. The molecule has 1 aliphatic rings. The summed E-state index contributed by atoms with van der Waals surface area (Å²) in [6.45, 7) is 2.84. The Bertz CT molecular complexity index is 565. The first-order chi connectivity index (χ1) is 8.75. The van der Waals surface area contributed by atoms with Crippen LogP contribution in [0.2, 0.25) is 0 Å². The highest BCUT2D eigenvalue weighted by atomic mass is 19.1. The molecule has 0 radical (unpaired) electrons. The Labute approximate surface area is 107 Å². The van der Waals surface area contributed by atoms with Gasteiger partial charge in [0.05, 0.1) is 0 Å². The Balaban J connectivity index is 1.92. The Morgan fingerprint density at radius 1 is 1.11 bits per heavy atom. The summed E-state index contributed by atoms with van der Waals surface area (Å²) in [6.07, 6.45) is 1.05. The van der Waals surface area contributed by atoms with Gasteiger partial charge in [0.25, 0.3) is 0 Å². The van der Waals surface area contributed by atoms with Crippen molar-refractivity contribution in [2.45, 2.75) is 25.9 Å². The van der Waals surface area contributed by atoms with Gasteiger partial charge in [-0.1, -0.05) is 36.4 Å². The molecule has 1 atom stereocenters. The van der Waals surface area contributed by atoms with E-state index >= 15 is 0 Å². The van der Waals surface area contributed by atoms with E-state index in [1.165, 1.54) is 17.3 Å². The van der Waals surface area contributed by atoms with Crippen LogP contribution in [0.3, 0.4) is 0 Å². The standard InChI is InChI=1S/C16H16FN/c1-12-10-13-6-3-5-9-16(13)18(12)11-14-7-2-4-8-15(14)17/h2-9,12H,10-11H2,1H3. The molecule has 0 amide bonds. The largest absolute Gasteiger partial charge is 0.364 e. The van der Waals surface area contributed by atoms with Crippen LogP contribution in [0.25, 0.3) is 0 Å². The van der Waals surface area contributed by atoms with Crippen molar-refractivity contribution in [1.82, 2.24) is 0 Å². The molecule has 1 nitrogen and oxygen atoms in total. The summed E-state index contributed by atoms with van der Waals surface area (Å²) in [7, 11) is 0. The number of anilines is 1. The monoisotopic (exact) mass is 241 g/mol. The maximum Gasteiger partial charge on any atom is 0.128 e.